The van der Waals surface area contributed by atoms with Crippen molar-refractivity contribution in [1.82, 2.24) is 0 Å². The van der Waals surface area contributed by atoms with Crippen LogP contribution < -0.4 is 0 Å². The van der Waals surface area contributed by atoms with Crippen LogP contribution in [0, 0.1) is 5.92 Å². The lowest BCUT2D eigenvalue weighted by molar-refractivity contribution is 0.102. The van der Waals surface area contributed by atoms with Crippen molar-refractivity contribution in [2.75, 3.05) is 6.61 Å². The lowest BCUT2D eigenvalue weighted by Gasteiger charge is -2.03. The van der Waals surface area contributed by atoms with E-state index in [9.17, 15) is 0 Å². The summed E-state index contributed by atoms with van der Waals surface area (Å²) in [5, 5.41) is 0. The van der Waals surface area contributed by atoms with Crippen molar-refractivity contribution >= 4 is 0 Å². The zero-order valence-corrected chi connectivity index (χ0v) is 7.42. The van der Waals surface area contributed by atoms with E-state index in [2.05, 4.69) is 26.0 Å². The Balaban J connectivity index is 3.19. The van der Waals surface area contributed by atoms with Gasteiger partial charge in [-0.3, -0.25) is 0 Å². The second kappa shape index (κ2) is 5.48. The second-order valence-electron chi connectivity index (χ2n) is 3.05. The van der Waals surface area contributed by atoms with Crippen molar-refractivity contribution in [3.8, 4) is 0 Å². The highest BCUT2D eigenvalue weighted by Crippen LogP contribution is 1.94. The van der Waals surface area contributed by atoms with Crippen LogP contribution >= 0.6 is 0 Å². The molecule has 0 aliphatic rings. The van der Waals surface area contributed by atoms with Gasteiger partial charge in [0.1, 0.15) is 0 Å². The monoisotopic (exact) mass is 142 g/mol. The zero-order valence-electron chi connectivity index (χ0n) is 7.42. The molecular formula is C9H18O. The average molecular weight is 142 g/mol. The maximum Gasteiger partial charge on any atom is 0.0651 e. The molecule has 10 heavy (non-hydrogen) atoms. The van der Waals surface area contributed by atoms with E-state index < -0.39 is 0 Å². The first-order chi connectivity index (χ1) is 4.63. The molecule has 1 heteroatoms. The van der Waals surface area contributed by atoms with Crippen molar-refractivity contribution in [3.05, 3.63) is 12.2 Å². The lowest BCUT2D eigenvalue weighted by atomic mass is 10.2. The van der Waals surface area contributed by atoms with Gasteiger partial charge in [-0.25, -0.2) is 0 Å². The Labute approximate surface area is 64.1 Å². The van der Waals surface area contributed by atoms with Crippen LogP contribution in [0.1, 0.15) is 27.7 Å². The third-order valence-corrected chi connectivity index (χ3v) is 1.05. The Morgan fingerprint density at radius 3 is 2.20 bits per heavy atom. The van der Waals surface area contributed by atoms with Crippen LogP contribution in [0.15, 0.2) is 12.2 Å². The summed E-state index contributed by atoms with van der Waals surface area (Å²) in [6.07, 6.45) is 4.57. The molecule has 0 saturated carbocycles. The number of allylic oxidation sites excluding steroid dienone is 1. The van der Waals surface area contributed by atoms with E-state index in [1.54, 1.807) is 0 Å². The highest BCUT2D eigenvalue weighted by atomic mass is 16.5. The molecule has 0 N–H and O–H groups in total. The Kier molecular flexibility index (Phi) is 5.32. The molecule has 0 atom stereocenters. The van der Waals surface area contributed by atoms with E-state index in [4.69, 9.17) is 4.74 Å². The van der Waals surface area contributed by atoms with Gasteiger partial charge in [0.25, 0.3) is 0 Å². The van der Waals surface area contributed by atoms with Crippen molar-refractivity contribution in [2.45, 2.75) is 33.8 Å². The smallest absolute Gasteiger partial charge is 0.0651 e. The Hall–Kier alpha value is -0.300. The highest BCUT2D eigenvalue weighted by molar-refractivity contribution is 4.84. The molecule has 1 nitrogen and oxygen atoms in total. The van der Waals surface area contributed by atoms with Crippen LogP contribution in [0.4, 0.5) is 0 Å². The molecule has 0 amide bonds. The van der Waals surface area contributed by atoms with Gasteiger partial charge in [0.05, 0.1) is 12.7 Å². The predicted octanol–water partition coefficient (Wildman–Crippen LogP) is 2.62. The summed E-state index contributed by atoms with van der Waals surface area (Å²) in [6, 6.07) is 0. The fraction of sp³-hybridized carbons (Fsp3) is 0.778. The largest absolute Gasteiger partial charge is 0.375 e. The molecule has 0 unspecified atom stereocenters. The maximum atomic E-state index is 5.31. The van der Waals surface area contributed by atoms with Gasteiger partial charge in [0.2, 0.25) is 0 Å². The van der Waals surface area contributed by atoms with E-state index in [1.165, 1.54) is 0 Å². The molecule has 0 heterocycles. The molecule has 0 spiro atoms. The molecule has 0 rings (SSSR count). The van der Waals surface area contributed by atoms with Gasteiger partial charge >= 0.3 is 0 Å². The SMILES string of the molecule is CC(C)C=CCOC(C)C. The number of ether oxygens (including phenoxy) is 1. The van der Waals surface area contributed by atoms with Gasteiger partial charge in [0, 0.05) is 0 Å². The van der Waals surface area contributed by atoms with Crippen LogP contribution in [0.3, 0.4) is 0 Å². The van der Waals surface area contributed by atoms with E-state index in [0.29, 0.717) is 12.0 Å². The lowest BCUT2D eigenvalue weighted by Crippen LogP contribution is -2.01. The minimum atomic E-state index is 0.344. The predicted molar refractivity (Wildman–Crippen MR) is 45.1 cm³/mol. The van der Waals surface area contributed by atoms with Crippen molar-refractivity contribution in [2.24, 2.45) is 5.92 Å². The summed E-state index contributed by atoms with van der Waals surface area (Å²) in [4.78, 5) is 0. The molecule has 60 valence electrons. The maximum absolute atomic E-state index is 5.31. The molecule has 0 radical (unpaired) electrons. The second-order valence-corrected chi connectivity index (χ2v) is 3.05. The number of hydrogen-bond acceptors (Lipinski definition) is 1. The van der Waals surface area contributed by atoms with Gasteiger partial charge in [-0.2, -0.15) is 0 Å². The standard InChI is InChI=1S/C9H18O/c1-8(2)6-5-7-10-9(3)4/h5-6,8-9H,7H2,1-4H3. The van der Waals surface area contributed by atoms with Gasteiger partial charge in [-0.1, -0.05) is 26.0 Å². The normalized spacial score (nSPS) is 12.2. The summed E-state index contributed by atoms with van der Waals surface area (Å²) >= 11 is 0. The summed E-state index contributed by atoms with van der Waals surface area (Å²) < 4.78 is 5.31. The quantitative estimate of drug-likeness (QED) is 0.548. The molecule has 0 aromatic rings. The molecule has 0 aliphatic carbocycles. The van der Waals surface area contributed by atoms with Crippen molar-refractivity contribution in [3.63, 3.8) is 0 Å². The van der Waals surface area contributed by atoms with Crippen LogP contribution in [0.2, 0.25) is 0 Å². The third-order valence-electron chi connectivity index (χ3n) is 1.05. The first-order valence-electron chi connectivity index (χ1n) is 3.91. The van der Waals surface area contributed by atoms with E-state index in [-0.39, 0.29) is 0 Å². The topological polar surface area (TPSA) is 9.23 Å². The van der Waals surface area contributed by atoms with Crippen molar-refractivity contribution < 1.29 is 4.74 Å². The molecule has 0 aromatic heterocycles. The third kappa shape index (κ3) is 7.70. The van der Waals surface area contributed by atoms with Crippen LogP contribution in [0.25, 0.3) is 0 Å². The van der Waals surface area contributed by atoms with E-state index in [1.807, 2.05) is 13.8 Å². The fourth-order valence-corrected chi connectivity index (χ4v) is 0.576. The van der Waals surface area contributed by atoms with Gasteiger partial charge in [0.15, 0.2) is 0 Å². The van der Waals surface area contributed by atoms with Gasteiger partial charge in [-0.05, 0) is 19.8 Å². The summed E-state index contributed by atoms with van der Waals surface area (Å²) in [6.45, 7) is 9.15. The van der Waals surface area contributed by atoms with Crippen LogP contribution in [-0.4, -0.2) is 12.7 Å². The highest BCUT2D eigenvalue weighted by Gasteiger charge is 1.88. The zero-order chi connectivity index (χ0) is 7.98. The Morgan fingerprint density at radius 2 is 1.80 bits per heavy atom. The number of rotatable bonds is 4. The minimum absolute atomic E-state index is 0.344. The molecule has 0 fully saturated rings. The van der Waals surface area contributed by atoms with Gasteiger partial charge < -0.3 is 4.74 Å². The average Bonchev–Trinajstić information content (AvgIpc) is 1.79. The first kappa shape index (κ1) is 9.70. The minimum Gasteiger partial charge on any atom is -0.375 e. The summed E-state index contributed by atoms with van der Waals surface area (Å²) in [7, 11) is 0. The Morgan fingerprint density at radius 1 is 1.20 bits per heavy atom. The molecule has 0 aromatic carbocycles. The van der Waals surface area contributed by atoms with E-state index >= 15 is 0 Å². The summed E-state index contributed by atoms with van der Waals surface area (Å²) in [5.74, 6) is 0.635. The van der Waals surface area contributed by atoms with Crippen LogP contribution in [-0.2, 0) is 4.74 Å². The molecule has 0 bridgehead atoms. The van der Waals surface area contributed by atoms with Crippen LogP contribution in [0.5, 0.6) is 0 Å². The van der Waals surface area contributed by atoms with E-state index in [0.717, 1.165) is 6.61 Å². The van der Waals surface area contributed by atoms with Gasteiger partial charge in [-0.15, -0.1) is 0 Å². The molecular weight excluding hydrogens is 124 g/mol. The number of hydrogen-bond donors (Lipinski definition) is 0. The Bertz CT molecular complexity index is 92.9. The molecule has 0 aliphatic heterocycles. The fourth-order valence-electron chi connectivity index (χ4n) is 0.576. The molecule has 0 saturated heterocycles. The first-order valence-corrected chi connectivity index (χ1v) is 3.91. The summed E-state index contributed by atoms with van der Waals surface area (Å²) in [5.41, 5.74) is 0. The van der Waals surface area contributed by atoms with Crippen molar-refractivity contribution in [1.29, 1.82) is 0 Å².